The molecule has 2 N–H and O–H groups in total. The van der Waals surface area contributed by atoms with Crippen molar-refractivity contribution in [3.8, 4) is 22.3 Å². The number of unbranched alkanes of at least 4 members (excludes halogenated alkanes) is 1. The van der Waals surface area contributed by atoms with Crippen LogP contribution in [0.3, 0.4) is 0 Å². The van der Waals surface area contributed by atoms with E-state index >= 15 is 0 Å². The number of benzene rings is 5. The van der Waals surface area contributed by atoms with E-state index in [0.717, 1.165) is 34.6 Å². The van der Waals surface area contributed by atoms with Crippen LogP contribution in [0.25, 0.3) is 33.3 Å². The Hall–Kier alpha value is -5.91. The summed E-state index contributed by atoms with van der Waals surface area (Å²) in [5, 5.41) is 5.05. The Bertz CT molecular complexity index is 2320. The number of halogens is 6. The summed E-state index contributed by atoms with van der Waals surface area (Å²) in [5.74, 6) is -0.371. The molecule has 0 fully saturated rings. The van der Waals surface area contributed by atoms with Gasteiger partial charge in [-0.2, -0.15) is 26.3 Å². The molecule has 276 valence electrons. The summed E-state index contributed by atoms with van der Waals surface area (Å²) in [6.07, 6.45) is -7.10. The average molecular weight is 741 g/mol. The molecule has 0 atom stereocenters. The number of imidazole rings is 1. The third kappa shape index (κ3) is 6.95. The average Bonchev–Trinajstić information content (AvgIpc) is 3.63. The predicted molar refractivity (Wildman–Crippen MR) is 195 cm³/mol. The number of aromatic nitrogens is 2. The highest BCUT2D eigenvalue weighted by molar-refractivity contribution is 6.09. The van der Waals surface area contributed by atoms with Gasteiger partial charge in [0, 0.05) is 24.7 Å². The van der Waals surface area contributed by atoms with Gasteiger partial charge in [0.25, 0.3) is 5.91 Å². The Balaban J connectivity index is 1.07. The molecule has 0 saturated heterocycles. The molecular weight excluding hydrogens is 706 g/mol. The van der Waals surface area contributed by atoms with E-state index in [4.69, 9.17) is 4.98 Å². The molecule has 12 heteroatoms. The molecule has 1 aliphatic carbocycles. The van der Waals surface area contributed by atoms with E-state index in [2.05, 4.69) is 10.6 Å². The lowest BCUT2D eigenvalue weighted by Gasteiger charge is -2.31. The molecule has 54 heavy (non-hydrogen) atoms. The summed E-state index contributed by atoms with van der Waals surface area (Å²) in [5.41, 5.74) is 4.12. The van der Waals surface area contributed by atoms with Crippen LogP contribution < -0.4 is 10.6 Å². The van der Waals surface area contributed by atoms with Crippen LogP contribution in [0.15, 0.2) is 115 Å². The van der Waals surface area contributed by atoms with Gasteiger partial charge >= 0.3 is 12.4 Å². The highest BCUT2D eigenvalue weighted by Crippen LogP contribution is 2.51. The number of hydrogen-bond donors (Lipinski definition) is 2. The Morgan fingerprint density at radius 1 is 0.741 bits per heavy atom. The molecule has 0 radical (unpaired) electrons. The van der Waals surface area contributed by atoms with Crippen molar-refractivity contribution in [3.63, 3.8) is 0 Å². The van der Waals surface area contributed by atoms with Crippen molar-refractivity contribution in [2.24, 2.45) is 7.05 Å². The van der Waals surface area contributed by atoms with Gasteiger partial charge in [-0.25, -0.2) is 4.98 Å². The van der Waals surface area contributed by atoms with Gasteiger partial charge in [0.05, 0.1) is 16.6 Å². The lowest BCUT2D eigenvalue weighted by atomic mass is 9.73. The van der Waals surface area contributed by atoms with Crippen molar-refractivity contribution in [2.45, 2.75) is 43.5 Å². The minimum Gasteiger partial charge on any atom is -0.346 e. The zero-order valence-electron chi connectivity index (χ0n) is 29.0. The maximum Gasteiger partial charge on any atom is 0.416 e. The number of carbonyl (C=O) groups excluding carboxylic acids is 2. The van der Waals surface area contributed by atoms with Crippen LogP contribution in [0.1, 0.15) is 52.1 Å². The van der Waals surface area contributed by atoms with Gasteiger partial charge in [0.2, 0.25) is 5.91 Å². The maximum atomic E-state index is 13.8. The Morgan fingerprint density at radius 3 is 1.98 bits per heavy atom. The Morgan fingerprint density at radius 2 is 1.35 bits per heavy atom. The van der Waals surface area contributed by atoms with Gasteiger partial charge in [-0.05, 0) is 82.6 Å². The fraction of sp³-hybridized carbons (Fsp3) is 0.214. The molecule has 2 amide bonds. The second-order valence-electron chi connectivity index (χ2n) is 13.4. The van der Waals surface area contributed by atoms with Crippen molar-refractivity contribution in [1.29, 1.82) is 0 Å². The van der Waals surface area contributed by atoms with Crippen LogP contribution in [-0.2, 0) is 29.9 Å². The van der Waals surface area contributed by atoms with E-state index in [0.29, 0.717) is 59.1 Å². The number of alkyl halides is 6. The summed E-state index contributed by atoms with van der Waals surface area (Å²) in [7, 11) is 1.87. The first-order chi connectivity index (χ1) is 25.8. The van der Waals surface area contributed by atoms with Crippen molar-refractivity contribution in [3.05, 3.63) is 143 Å². The molecule has 0 unspecified atom stereocenters. The number of amides is 2. The monoisotopic (exact) mass is 740 g/mol. The molecular formula is C42H34F6N4O2. The zero-order chi connectivity index (χ0) is 38.3. The number of fused-ring (bicyclic) bond motifs is 4. The highest BCUT2D eigenvalue weighted by atomic mass is 19.4. The van der Waals surface area contributed by atoms with Crippen LogP contribution in [0, 0.1) is 0 Å². The molecule has 7 rings (SSSR count). The third-order valence-corrected chi connectivity index (χ3v) is 10.0. The largest absolute Gasteiger partial charge is 0.416 e. The SMILES string of the molecule is Cn1c(CCCCC2(C(=O)NCC(F)(F)F)c3ccccc3-c3ccccc32)nc2cc(NC(=O)c3ccccc3-c3ccc(C(F)(F)F)cc3)ccc21. The van der Waals surface area contributed by atoms with E-state index in [1.165, 1.54) is 12.1 Å². The third-order valence-electron chi connectivity index (χ3n) is 10.0. The van der Waals surface area contributed by atoms with Crippen molar-refractivity contribution >= 4 is 28.5 Å². The number of hydrogen-bond acceptors (Lipinski definition) is 3. The second-order valence-corrected chi connectivity index (χ2v) is 13.4. The van der Waals surface area contributed by atoms with Gasteiger partial charge in [0.15, 0.2) is 0 Å². The standard InChI is InChI=1S/C42H34F6N4O2/c1-52-36-22-21-28(50-38(53)32-13-3-2-10-29(32)26-17-19-27(20-18-26)42(46,47)48)24-35(36)51-37(52)16-8-9-23-40(39(54)49-25-41(43,44)45)33-14-6-4-11-30(33)31-12-5-7-15-34(31)40/h2-7,10-15,17-22,24H,8-9,16,23,25H2,1H3,(H,49,54)(H,50,53). The first-order valence-electron chi connectivity index (χ1n) is 17.3. The molecule has 6 nitrogen and oxygen atoms in total. The molecule has 0 bridgehead atoms. The molecule has 0 spiro atoms. The lowest BCUT2D eigenvalue weighted by molar-refractivity contribution is -0.141. The van der Waals surface area contributed by atoms with E-state index in [-0.39, 0.29) is 5.56 Å². The minimum absolute atomic E-state index is 0.288. The number of carbonyl (C=O) groups is 2. The minimum atomic E-state index is -4.56. The normalized spacial score (nSPS) is 13.4. The fourth-order valence-corrected chi connectivity index (χ4v) is 7.48. The van der Waals surface area contributed by atoms with Gasteiger partial charge in [0.1, 0.15) is 17.8 Å². The van der Waals surface area contributed by atoms with Crippen LogP contribution in [0.4, 0.5) is 32.0 Å². The van der Waals surface area contributed by atoms with Crippen LogP contribution >= 0.6 is 0 Å². The lowest BCUT2D eigenvalue weighted by Crippen LogP contribution is -2.47. The maximum absolute atomic E-state index is 13.8. The molecule has 6 aromatic rings. The summed E-state index contributed by atoms with van der Waals surface area (Å²) in [6, 6.07) is 31.3. The van der Waals surface area contributed by atoms with Crippen LogP contribution in [-0.4, -0.2) is 34.1 Å². The van der Waals surface area contributed by atoms with E-state index < -0.39 is 41.7 Å². The Labute approximate surface area is 306 Å². The first-order valence-corrected chi connectivity index (χ1v) is 17.3. The molecule has 0 aliphatic heterocycles. The highest BCUT2D eigenvalue weighted by Gasteiger charge is 2.49. The summed E-state index contributed by atoms with van der Waals surface area (Å²) >= 11 is 0. The molecule has 5 aromatic carbocycles. The quantitative estimate of drug-likeness (QED) is 0.109. The first kappa shape index (κ1) is 36.4. The summed E-state index contributed by atoms with van der Waals surface area (Å²) in [6.45, 7) is -1.42. The van der Waals surface area contributed by atoms with Crippen molar-refractivity contribution in [2.75, 3.05) is 11.9 Å². The van der Waals surface area contributed by atoms with E-state index in [1.54, 1.807) is 48.5 Å². The fourth-order valence-electron chi connectivity index (χ4n) is 7.48. The topological polar surface area (TPSA) is 76.0 Å². The van der Waals surface area contributed by atoms with Gasteiger partial charge in [-0.3, -0.25) is 9.59 Å². The Kier molecular flexibility index (Phi) is 9.55. The number of aryl methyl sites for hydroxylation is 2. The summed E-state index contributed by atoms with van der Waals surface area (Å²) < 4.78 is 81.0. The van der Waals surface area contributed by atoms with Crippen LogP contribution in [0.2, 0.25) is 0 Å². The molecule has 1 aliphatic rings. The smallest absolute Gasteiger partial charge is 0.346 e. The molecule has 1 aromatic heterocycles. The van der Waals surface area contributed by atoms with Crippen molar-refractivity contribution in [1.82, 2.24) is 14.9 Å². The second kappa shape index (κ2) is 14.1. The van der Waals surface area contributed by atoms with E-state index in [9.17, 15) is 35.9 Å². The van der Waals surface area contributed by atoms with Crippen LogP contribution in [0.5, 0.6) is 0 Å². The number of nitrogens with zero attached hydrogens (tertiary/aromatic N) is 2. The number of anilines is 1. The predicted octanol–water partition coefficient (Wildman–Crippen LogP) is 9.87. The van der Waals surface area contributed by atoms with E-state index in [1.807, 2.05) is 54.1 Å². The van der Waals surface area contributed by atoms with Gasteiger partial charge in [-0.15, -0.1) is 0 Å². The molecule has 1 heterocycles. The number of rotatable bonds is 10. The number of nitrogens with one attached hydrogen (secondary N) is 2. The zero-order valence-corrected chi connectivity index (χ0v) is 29.0. The summed E-state index contributed by atoms with van der Waals surface area (Å²) in [4.78, 5) is 32.1. The van der Waals surface area contributed by atoms with Gasteiger partial charge < -0.3 is 15.2 Å². The van der Waals surface area contributed by atoms with Gasteiger partial charge in [-0.1, -0.05) is 85.3 Å². The van der Waals surface area contributed by atoms with Crippen molar-refractivity contribution < 1.29 is 35.9 Å². The molecule has 0 saturated carbocycles.